The first kappa shape index (κ1) is 15.8. The topological polar surface area (TPSA) is 29.0 Å². The van der Waals surface area contributed by atoms with Gasteiger partial charge in [-0.3, -0.25) is 4.31 Å². The van der Waals surface area contributed by atoms with Crippen LogP contribution in [0.1, 0.15) is 31.0 Å². The van der Waals surface area contributed by atoms with Crippen LogP contribution in [0.2, 0.25) is 0 Å². The minimum Gasteiger partial charge on any atom is -0.288 e. The Hall–Kier alpha value is -1.62. The van der Waals surface area contributed by atoms with E-state index in [1.807, 2.05) is 24.5 Å². The molecule has 21 heavy (non-hydrogen) atoms. The molecule has 0 aliphatic heterocycles. The number of hydrogen-bond acceptors (Lipinski definition) is 4. The Kier molecular flexibility index (Phi) is 4.83. The maximum Gasteiger partial charge on any atom is 0.236 e. The summed E-state index contributed by atoms with van der Waals surface area (Å²) in [6.45, 7) is 6.26. The molecule has 0 aliphatic carbocycles. The molecule has 0 saturated heterocycles. The fourth-order valence-corrected chi connectivity index (χ4v) is 2.44. The lowest BCUT2D eigenvalue weighted by Crippen LogP contribution is -2.13. The third kappa shape index (κ3) is 3.35. The summed E-state index contributed by atoms with van der Waals surface area (Å²) in [5.41, 5.74) is 3.86. The van der Waals surface area contributed by atoms with Crippen LogP contribution in [0.3, 0.4) is 0 Å². The number of anilines is 1. The van der Waals surface area contributed by atoms with Crippen molar-refractivity contribution < 1.29 is 4.39 Å². The summed E-state index contributed by atoms with van der Waals surface area (Å²) in [6, 6.07) is 6.45. The molecule has 0 saturated carbocycles. The molecular formula is C16H20FN3S. The first-order chi connectivity index (χ1) is 9.93. The molecule has 1 aromatic carbocycles. The summed E-state index contributed by atoms with van der Waals surface area (Å²) >= 11 is 1.56. The van der Waals surface area contributed by atoms with Crippen molar-refractivity contribution in [2.24, 2.45) is 0 Å². The smallest absolute Gasteiger partial charge is 0.236 e. The van der Waals surface area contributed by atoms with E-state index < -0.39 is 0 Å². The van der Waals surface area contributed by atoms with Gasteiger partial charge < -0.3 is 0 Å². The quantitative estimate of drug-likeness (QED) is 0.781. The summed E-state index contributed by atoms with van der Waals surface area (Å²) < 4.78 is 15.1. The van der Waals surface area contributed by atoms with Crippen LogP contribution in [-0.4, -0.2) is 23.3 Å². The number of rotatable bonds is 4. The van der Waals surface area contributed by atoms with Gasteiger partial charge in [-0.15, -0.1) is 0 Å². The lowest BCUT2D eigenvalue weighted by Gasteiger charge is -2.19. The van der Waals surface area contributed by atoms with Crippen LogP contribution >= 0.6 is 11.9 Å². The third-order valence-corrected chi connectivity index (χ3v) is 4.10. The summed E-state index contributed by atoms with van der Waals surface area (Å²) in [5.74, 6) is 0.744. The van der Waals surface area contributed by atoms with Gasteiger partial charge in [0, 0.05) is 18.9 Å². The van der Waals surface area contributed by atoms with Gasteiger partial charge >= 0.3 is 0 Å². The molecule has 1 heterocycles. The Bertz CT molecular complexity index is 626. The minimum atomic E-state index is -0.240. The Morgan fingerprint density at radius 2 is 1.76 bits per heavy atom. The maximum atomic E-state index is 13.1. The fourth-order valence-electron chi connectivity index (χ4n) is 2.20. The maximum absolute atomic E-state index is 13.1. The van der Waals surface area contributed by atoms with Gasteiger partial charge in [0.2, 0.25) is 5.95 Å². The van der Waals surface area contributed by atoms with Gasteiger partial charge in [0.25, 0.3) is 0 Å². The van der Waals surface area contributed by atoms with Gasteiger partial charge in [-0.2, -0.15) is 0 Å². The van der Waals surface area contributed by atoms with E-state index in [0.29, 0.717) is 11.9 Å². The molecule has 3 nitrogen and oxygen atoms in total. The monoisotopic (exact) mass is 305 g/mol. The molecule has 0 amide bonds. The number of nitrogens with zero attached hydrogens (tertiary/aromatic N) is 3. The van der Waals surface area contributed by atoms with Crippen molar-refractivity contribution in [2.75, 3.05) is 17.6 Å². The third-order valence-electron chi connectivity index (χ3n) is 3.39. The average molecular weight is 305 g/mol. The Balaban J connectivity index is 2.63. The molecule has 2 aromatic rings. The van der Waals surface area contributed by atoms with Crippen molar-refractivity contribution in [1.29, 1.82) is 0 Å². The van der Waals surface area contributed by atoms with E-state index in [-0.39, 0.29) is 5.82 Å². The van der Waals surface area contributed by atoms with Crippen LogP contribution in [0.4, 0.5) is 10.3 Å². The molecular weight excluding hydrogens is 285 g/mol. The first-order valence-electron chi connectivity index (χ1n) is 6.86. The van der Waals surface area contributed by atoms with E-state index in [0.717, 1.165) is 22.5 Å². The van der Waals surface area contributed by atoms with Crippen molar-refractivity contribution in [3.8, 4) is 11.3 Å². The summed E-state index contributed by atoms with van der Waals surface area (Å²) in [5, 5.41) is 0. The molecule has 112 valence electrons. The van der Waals surface area contributed by atoms with Gasteiger partial charge in [0.15, 0.2) is 0 Å². The number of hydrogen-bond donors (Lipinski definition) is 0. The van der Waals surface area contributed by atoms with E-state index in [1.54, 1.807) is 24.1 Å². The zero-order valence-electron chi connectivity index (χ0n) is 13.0. The van der Waals surface area contributed by atoms with Crippen molar-refractivity contribution in [1.82, 2.24) is 9.97 Å². The van der Waals surface area contributed by atoms with Crippen LogP contribution in [0.25, 0.3) is 11.3 Å². The lowest BCUT2D eigenvalue weighted by atomic mass is 10.00. The molecule has 0 N–H and O–H groups in total. The molecule has 0 unspecified atom stereocenters. The minimum absolute atomic E-state index is 0.240. The molecule has 2 rings (SSSR count). The summed E-state index contributed by atoms with van der Waals surface area (Å²) in [4.78, 5) is 9.32. The van der Waals surface area contributed by atoms with Crippen molar-refractivity contribution in [3.05, 3.63) is 41.3 Å². The molecule has 1 aromatic heterocycles. The molecule has 0 spiro atoms. The summed E-state index contributed by atoms with van der Waals surface area (Å²) in [7, 11) is 1.94. The highest BCUT2D eigenvalue weighted by Gasteiger charge is 2.16. The largest absolute Gasteiger partial charge is 0.288 e. The number of aromatic nitrogens is 2. The van der Waals surface area contributed by atoms with Crippen LogP contribution in [0.5, 0.6) is 0 Å². The highest BCUT2D eigenvalue weighted by atomic mass is 32.2. The number of halogens is 1. The van der Waals surface area contributed by atoms with Gasteiger partial charge in [0.1, 0.15) is 5.82 Å². The van der Waals surface area contributed by atoms with Crippen molar-refractivity contribution >= 4 is 17.9 Å². The average Bonchev–Trinajstić information content (AvgIpc) is 2.47. The van der Waals surface area contributed by atoms with Crippen LogP contribution in [0.15, 0.2) is 24.3 Å². The molecule has 0 radical (unpaired) electrons. The Morgan fingerprint density at radius 1 is 1.14 bits per heavy atom. The highest BCUT2D eigenvalue weighted by molar-refractivity contribution is 7.99. The second-order valence-corrected chi connectivity index (χ2v) is 6.14. The fraction of sp³-hybridized carbons (Fsp3) is 0.375. The van der Waals surface area contributed by atoms with E-state index in [4.69, 9.17) is 0 Å². The van der Waals surface area contributed by atoms with E-state index in [1.165, 1.54) is 12.1 Å². The van der Waals surface area contributed by atoms with Crippen LogP contribution in [0, 0.1) is 12.7 Å². The van der Waals surface area contributed by atoms with Gasteiger partial charge in [-0.05, 0) is 42.7 Å². The van der Waals surface area contributed by atoms with Crippen LogP contribution < -0.4 is 4.31 Å². The lowest BCUT2D eigenvalue weighted by molar-refractivity contribution is 0.628. The first-order valence-corrected chi connectivity index (χ1v) is 8.04. The Morgan fingerprint density at radius 3 is 2.29 bits per heavy atom. The predicted octanol–water partition coefficient (Wildman–Crippen LogP) is 4.43. The van der Waals surface area contributed by atoms with Gasteiger partial charge in [0.05, 0.1) is 11.4 Å². The highest BCUT2D eigenvalue weighted by Crippen LogP contribution is 2.30. The molecule has 0 aliphatic rings. The zero-order valence-corrected chi connectivity index (χ0v) is 13.8. The predicted molar refractivity (Wildman–Crippen MR) is 88.2 cm³/mol. The van der Waals surface area contributed by atoms with Crippen molar-refractivity contribution in [2.45, 2.75) is 26.7 Å². The van der Waals surface area contributed by atoms with E-state index in [9.17, 15) is 4.39 Å². The second-order valence-electron chi connectivity index (χ2n) is 5.22. The van der Waals surface area contributed by atoms with Gasteiger partial charge in [-0.25, -0.2) is 14.4 Å². The molecule has 0 bridgehead atoms. The standard InChI is InChI=1S/C16H20FN3S/c1-10(2)14-11(3)15(12-6-8-13(17)9-7-12)19-16(18-14)20(4)21-5/h6-10H,1-5H3. The van der Waals surface area contributed by atoms with Gasteiger partial charge in [-0.1, -0.05) is 25.8 Å². The normalized spacial score (nSPS) is 11.0. The van der Waals surface area contributed by atoms with E-state index in [2.05, 4.69) is 23.8 Å². The second kappa shape index (κ2) is 6.43. The summed E-state index contributed by atoms with van der Waals surface area (Å²) in [6.07, 6.45) is 1.98. The SMILES string of the molecule is CSN(C)c1nc(-c2ccc(F)cc2)c(C)c(C(C)C)n1. The van der Waals surface area contributed by atoms with E-state index >= 15 is 0 Å². The van der Waals surface area contributed by atoms with Crippen molar-refractivity contribution in [3.63, 3.8) is 0 Å². The molecule has 0 atom stereocenters. The van der Waals surface area contributed by atoms with Crippen LogP contribution in [-0.2, 0) is 0 Å². The molecule has 0 fully saturated rings. The number of benzene rings is 1. The Labute approximate surface area is 129 Å². The molecule has 5 heteroatoms. The zero-order chi connectivity index (χ0) is 15.6.